The molecular formula is C15H11NO4. The summed E-state index contributed by atoms with van der Waals surface area (Å²) in [7, 11) is 0. The zero-order chi connectivity index (χ0) is 13.9. The molecule has 2 aromatic rings. The number of amides is 2. The van der Waals surface area contributed by atoms with Gasteiger partial charge >= 0.3 is 0 Å². The Kier molecular flexibility index (Phi) is 2.16. The Morgan fingerprint density at radius 2 is 1.90 bits per heavy atom. The second-order valence-corrected chi connectivity index (χ2v) is 5.28. The predicted octanol–water partition coefficient (Wildman–Crippen LogP) is 1.62. The maximum absolute atomic E-state index is 12.1. The molecule has 1 aliphatic heterocycles. The minimum atomic E-state index is -0.343. The molecule has 2 atom stereocenters. The van der Waals surface area contributed by atoms with E-state index in [2.05, 4.69) is 0 Å². The minimum absolute atomic E-state index is 0.175. The highest BCUT2D eigenvalue weighted by Gasteiger charge is 2.59. The number of benzene rings is 1. The van der Waals surface area contributed by atoms with Crippen LogP contribution >= 0.6 is 0 Å². The minimum Gasteiger partial charge on any atom is -0.453 e. The lowest BCUT2D eigenvalue weighted by molar-refractivity contribution is -0.140. The molecule has 2 heterocycles. The molecule has 2 fully saturated rings. The number of Topliss-reactive ketones (excluding diaryl/α,β-unsaturated/α-hetero) is 1. The molecule has 2 amide bonds. The van der Waals surface area contributed by atoms with Gasteiger partial charge in [-0.1, -0.05) is 18.2 Å². The molecule has 1 aromatic heterocycles. The van der Waals surface area contributed by atoms with Crippen LogP contribution in [0.25, 0.3) is 11.0 Å². The van der Waals surface area contributed by atoms with E-state index in [-0.39, 0.29) is 41.7 Å². The number of ketones is 1. The van der Waals surface area contributed by atoms with Crippen LogP contribution in [0.2, 0.25) is 0 Å². The molecule has 5 nitrogen and oxygen atoms in total. The number of para-hydroxylation sites is 1. The van der Waals surface area contributed by atoms with Gasteiger partial charge in [-0.25, -0.2) is 0 Å². The molecule has 1 saturated heterocycles. The number of furan rings is 1. The average molecular weight is 269 g/mol. The third-order valence-corrected chi connectivity index (χ3v) is 3.96. The molecule has 0 radical (unpaired) electrons. The van der Waals surface area contributed by atoms with Crippen molar-refractivity contribution in [3.63, 3.8) is 0 Å². The third kappa shape index (κ3) is 1.52. The third-order valence-electron chi connectivity index (χ3n) is 3.96. The zero-order valence-electron chi connectivity index (χ0n) is 10.5. The molecule has 2 aliphatic rings. The van der Waals surface area contributed by atoms with Crippen LogP contribution in [-0.2, 0) is 9.59 Å². The van der Waals surface area contributed by atoms with Gasteiger partial charge in [-0.15, -0.1) is 0 Å². The Hall–Kier alpha value is -2.43. The van der Waals surface area contributed by atoms with Crippen molar-refractivity contribution >= 4 is 28.6 Å². The van der Waals surface area contributed by atoms with E-state index >= 15 is 0 Å². The first-order valence-electron chi connectivity index (χ1n) is 6.52. The maximum atomic E-state index is 12.1. The van der Waals surface area contributed by atoms with Crippen molar-refractivity contribution in [3.8, 4) is 0 Å². The smallest absolute Gasteiger partial charge is 0.233 e. The number of fused-ring (bicyclic) bond motifs is 2. The summed E-state index contributed by atoms with van der Waals surface area (Å²) in [6, 6.07) is 8.93. The van der Waals surface area contributed by atoms with Crippen LogP contribution in [-0.4, -0.2) is 29.0 Å². The van der Waals surface area contributed by atoms with E-state index in [0.717, 1.165) is 10.3 Å². The Morgan fingerprint density at radius 3 is 2.60 bits per heavy atom. The fourth-order valence-corrected chi connectivity index (χ4v) is 2.75. The first kappa shape index (κ1) is 11.4. The number of carbonyl (C=O) groups is 3. The number of rotatable bonds is 3. The number of carbonyl (C=O) groups excluding carboxylic acids is 3. The molecule has 100 valence electrons. The van der Waals surface area contributed by atoms with Crippen molar-refractivity contribution in [2.45, 2.75) is 6.42 Å². The normalized spacial score (nSPS) is 24.3. The summed E-state index contributed by atoms with van der Waals surface area (Å²) in [6.07, 6.45) is 0.646. The van der Waals surface area contributed by atoms with Gasteiger partial charge < -0.3 is 4.42 Å². The highest BCUT2D eigenvalue weighted by Crippen LogP contribution is 2.46. The number of piperidine rings is 1. The molecule has 4 rings (SSSR count). The predicted molar refractivity (Wildman–Crippen MR) is 68.9 cm³/mol. The summed E-state index contributed by atoms with van der Waals surface area (Å²) in [5.74, 6) is -0.942. The maximum Gasteiger partial charge on any atom is 0.233 e. The Labute approximate surface area is 114 Å². The molecule has 0 bridgehead atoms. The Morgan fingerprint density at radius 1 is 1.20 bits per heavy atom. The summed E-state index contributed by atoms with van der Waals surface area (Å²) in [6.45, 7) is -0.218. The van der Waals surface area contributed by atoms with Gasteiger partial charge in [0.25, 0.3) is 0 Å². The van der Waals surface area contributed by atoms with Crippen molar-refractivity contribution in [2.24, 2.45) is 11.8 Å². The van der Waals surface area contributed by atoms with Crippen LogP contribution in [0.3, 0.4) is 0 Å². The summed E-state index contributed by atoms with van der Waals surface area (Å²) < 4.78 is 5.45. The average Bonchev–Trinajstić information content (AvgIpc) is 3.07. The SMILES string of the molecule is O=C(CN1C(=O)C2CC2C1=O)c1cc2ccccc2o1. The van der Waals surface area contributed by atoms with Gasteiger partial charge in [-0.3, -0.25) is 19.3 Å². The van der Waals surface area contributed by atoms with Gasteiger partial charge in [0.15, 0.2) is 5.76 Å². The van der Waals surface area contributed by atoms with E-state index in [4.69, 9.17) is 4.42 Å². The van der Waals surface area contributed by atoms with Gasteiger partial charge in [0, 0.05) is 5.39 Å². The van der Waals surface area contributed by atoms with Gasteiger partial charge in [-0.05, 0) is 18.6 Å². The molecule has 1 saturated carbocycles. The summed E-state index contributed by atoms with van der Waals surface area (Å²) >= 11 is 0. The van der Waals surface area contributed by atoms with Crippen LogP contribution in [0, 0.1) is 11.8 Å². The first-order chi connectivity index (χ1) is 9.65. The van der Waals surface area contributed by atoms with E-state index in [1.165, 1.54) is 0 Å². The molecule has 1 aromatic carbocycles. The van der Waals surface area contributed by atoms with Gasteiger partial charge in [-0.2, -0.15) is 0 Å². The number of nitrogens with zero attached hydrogens (tertiary/aromatic N) is 1. The number of hydrogen-bond acceptors (Lipinski definition) is 4. The largest absolute Gasteiger partial charge is 0.453 e. The fraction of sp³-hybridized carbons (Fsp3) is 0.267. The molecule has 20 heavy (non-hydrogen) atoms. The summed E-state index contributed by atoms with van der Waals surface area (Å²) in [5.41, 5.74) is 0.623. The quantitative estimate of drug-likeness (QED) is 0.627. The van der Waals surface area contributed by atoms with Crippen LogP contribution in [0.15, 0.2) is 34.7 Å². The molecule has 5 heteroatoms. The van der Waals surface area contributed by atoms with Crippen molar-refractivity contribution in [3.05, 3.63) is 36.1 Å². The second-order valence-electron chi connectivity index (χ2n) is 5.28. The molecule has 2 unspecified atom stereocenters. The highest BCUT2D eigenvalue weighted by molar-refractivity contribution is 6.12. The van der Waals surface area contributed by atoms with Crippen LogP contribution in [0.1, 0.15) is 17.0 Å². The van der Waals surface area contributed by atoms with Crippen LogP contribution < -0.4 is 0 Å². The number of likely N-dealkylation sites (tertiary alicyclic amines) is 1. The van der Waals surface area contributed by atoms with Gasteiger partial charge in [0.2, 0.25) is 17.6 Å². The van der Waals surface area contributed by atoms with Crippen molar-refractivity contribution in [2.75, 3.05) is 6.54 Å². The molecular weight excluding hydrogens is 258 g/mol. The summed E-state index contributed by atoms with van der Waals surface area (Å²) in [4.78, 5) is 36.8. The zero-order valence-corrected chi connectivity index (χ0v) is 10.5. The van der Waals surface area contributed by atoms with Gasteiger partial charge in [0.05, 0.1) is 18.4 Å². The van der Waals surface area contributed by atoms with Crippen LogP contribution in [0.5, 0.6) is 0 Å². The second kappa shape index (κ2) is 3.79. The van der Waals surface area contributed by atoms with E-state index in [1.807, 2.05) is 18.2 Å². The Bertz CT molecular complexity index is 707. The molecule has 0 N–H and O–H groups in total. The molecule has 0 spiro atoms. The van der Waals surface area contributed by atoms with E-state index in [9.17, 15) is 14.4 Å². The fourth-order valence-electron chi connectivity index (χ4n) is 2.75. The number of hydrogen-bond donors (Lipinski definition) is 0. The van der Waals surface area contributed by atoms with Crippen molar-refractivity contribution in [1.29, 1.82) is 0 Å². The van der Waals surface area contributed by atoms with Crippen molar-refractivity contribution < 1.29 is 18.8 Å². The lowest BCUT2D eigenvalue weighted by atomic mass is 10.2. The topological polar surface area (TPSA) is 67.6 Å². The summed E-state index contributed by atoms with van der Waals surface area (Å²) in [5, 5.41) is 0.831. The highest BCUT2D eigenvalue weighted by atomic mass is 16.3. The van der Waals surface area contributed by atoms with E-state index in [0.29, 0.717) is 12.0 Å². The van der Waals surface area contributed by atoms with Gasteiger partial charge in [0.1, 0.15) is 5.58 Å². The van der Waals surface area contributed by atoms with Crippen molar-refractivity contribution in [1.82, 2.24) is 4.90 Å². The lowest BCUT2D eigenvalue weighted by Crippen LogP contribution is -2.37. The lowest BCUT2D eigenvalue weighted by Gasteiger charge is -2.14. The monoisotopic (exact) mass is 269 g/mol. The number of imide groups is 1. The molecule has 1 aliphatic carbocycles. The standard InChI is InChI=1S/C15H11NO4/c17-11(7-16-14(18)9-6-10(9)15(16)19)13-5-8-3-1-2-4-12(8)20-13/h1-5,9-10H,6-7H2. The Balaban J connectivity index is 1.58. The van der Waals surface area contributed by atoms with E-state index < -0.39 is 0 Å². The first-order valence-corrected chi connectivity index (χ1v) is 6.52. The van der Waals surface area contributed by atoms with Crippen LogP contribution in [0.4, 0.5) is 0 Å². The van der Waals surface area contributed by atoms with E-state index in [1.54, 1.807) is 12.1 Å².